The lowest BCUT2D eigenvalue weighted by Gasteiger charge is -2.19. The Bertz CT molecular complexity index is 431. The van der Waals surface area contributed by atoms with E-state index in [9.17, 15) is 4.21 Å². The van der Waals surface area contributed by atoms with Gasteiger partial charge in [0, 0.05) is 28.3 Å². The number of hydrogen-bond acceptors (Lipinski definition) is 2. The quantitative estimate of drug-likeness (QED) is 0.700. The van der Waals surface area contributed by atoms with E-state index < -0.39 is 10.8 Å². The SMILES string of the molecule is CCCCCS(=O)CC(NCC)c1ccc(C)c(C)c1. The van der Waals surface area contributed by atoms with Crippen molar-refractivity contribution in [3.63, 3.8) is 0 Å². The summed E-state index contributed by atoms with van der Waals surface area (Å²) in [5.41, 5.74) is 3.88. The van der Waals surface area contributed by atoms with Crippen molar-refractivity contribution in [2.24, 2.45) is 0 Å². The van der Waals surface area contributed by atoms with Crippen molar-refractivity contribution in [3.05, 3.63) is 34.9 Å². The third-order valence-corrected chi connectivity index (χ3v) is 5.16. The zero-order valence-electron chi connectivity index (χ0n) is 13.4. The maximum Gasteiger partial charge on any atom is 0.0436 e. The molecule has 0 aliphatic rings. The van der Waals surface area contributed by atoms with Crippen molar-refractivity contribution in [2.75, 3.05) is 18.1 Å². The molecule has 2 nitrogen and oxygen atoms in total. The van der Waals surface area contributed by atoms with Gasteiger partial charge in [-0.2, -0.15) is 0 Å². The molecule has 0 amide bonds. The Morgan fingerprint density at radius 3 is 2.50 bits per heavy atom. The minimum atomic E-state index is -0.728. The molecule has 0 heterocycles. The Hall–Kier alpha value is -0.670. The molecular formula is C17H29NOS. The summed E-state index contributed by atoms with van der Waals surface area (Å²) in [6.45, 7) is 9.46. The first-order valence-corrected chi connectivity index (χ1v) is 9.22. The maximum absolute atomic E-state index is 12.2. The minimum absolute atomic E-state index is 0.210. The Morgan fingerprint density at radius 1 is 1.15 bits per heavy atom. The summed E-state index contributed by atoms with van der Waals surface area (Å²) in [6, 6.07) is 6.77. The third kappa shape index (κ3) is 5.76. The van der Waals surface area contributed by atoms with Gasteiger partial charge in [-0.15, -0.1) is 0 Å². The highest BCUT2D eigenvalue weighted by Crippen LogP contribution is 2.18. The Kier molecular flexibility index (Phi) is 8.08. The van der Waals surface area contributed by atoms with Gasteiger partial charge in [-0.1, -0.05) is 44.9 Å². The second kappa shape index (κ2) is 9.30. The van der Waals surface area contributed by atoms with Gasteiger partial charge in [0.05, 0.1) is 0 Å². The highest BCUT2D eigenvalue weighted by Gasteiger charge is 2.14. The van der Waals surface area contributed by atoms with Gasteiger partial charge in [-0.05, 0) is 43.5 Å². The van der Waals surface area contributed by atoms with Crippen molar-refractivity contribution in [1.29, 1.82) is 0 Å². The van der Waals surface area contributed by atoms with Crippen LogP contribution in [0.2, 0.25) is 0 Å². The minimum Gasteiger partial charge on any atom is -0.309 e. The van der Waals surface area contributed by atoms with Gasteiger partial charge in [-0.3, -0.25) is 4.21 Å². The Morgan fingerprint density at radius 2 is 1.90 bits per heavy atom. The highest BCUT2D eigenvalue weighted by molar-refractivity contribution is 7.85. The molecule has 0 fully saturated rings. The van der Waals surface area contributed by atoms with E-state index in [-0.39, 0.29) is 6.04 Å². The molecule has 114 valence electrons. The lowest BCUT2D eigenvalue weighted by molar-refractivity contribution is 0.592. The van der Waals surface area contributed by atoms with Gasteiger partial charge in [0.2, 0.25) is 0 Å². The van der Waals surface area contributed by atoms with Crippen LogP contribution in [-0.4, -0.2) is 22.3 Å². The van der Waals surface area contributed by atoms with E-state index >= 15 is 0 Å². The molecule has 0 radical (unpaired) electrons. The average molecular weight is 295 g/mol. The topological polar surface area (TPSA) is 29.1 Å². The molecule has 0 aliphatic heterocycles. The van der Waals surface area contributed by atoms with Gasteiger partial charge >= 0.3 is 0 Å². The number of unbranched alkanes of at least 4 members (excludes halogenated alkanes) is 2. The molecule has 1 rings (SSSR count). The maximum atomic E-state index is 12.2. The second-order valence-electron chi connectivity index (χ2n) is 5.47. The fraction of sp³-hybridized carbons (Fsp3) is 0.647. The number of nitrogens with one attached hydrogen (secondary N) is 1. The van der Waals surface area contributed by atoms with Crippen molar-refractivity contribution < 1.29 is 4.21 Å². The number of rotatable bonds is 9. The van der Waals surface area contributed by atoms with E-state index in [0.29, 0.717) is 0 Å². The van der Waals surface area contributed by atoms with Gasteiger partial charge < -0.3 is 5.32 Å². The molecule has 0 bridgehead atoms. The molecule has 2 unspecified atom stereocenters. The predicted octanol–water partition coefficient (Wildman–Crippen LogP) is 3.89. The summed E-state index contributed by atoms with van der Waals surface area (Å²) in [6.07, 6.45) is 3.45. The zero-order valence-corrected chi connectivity index (χ0v) is 14.2. The third-order valence-electron chi connectivity index (χ3n) is 3.71. The molecule has 1 aromatic carbocycles. The molecule has 1 N–H and O–H groups in total. The zero-order chi connectivity index (χ0) is 15.0. The molecule has 0 saturated heterocycles. The van der Waals surface area contributed by atoms with Gasteiger partial charge in [0.1, 0.15) is 0 Å². The lowest BCUT2D eigenvalue weighted by atomic mass is 10.0. The molecule has 1 aromatic rings. The first kappa shape index (κ1) is 17.4. The number of benzene rings is 1. The van der Waals surface area contributed by atoms with Gasteiger partial charge in [0.15, 0.2) is 0 Å². The monoisotopic (exact) mass is 295 g/mol. The van der Waals surface area contributed by atoms with Crippen LogP contribution in [-0.2, 0) is 10.8 Å². The van der Waals surface area contributed by atoms with Crippen molar-refractivity contribution in [3.8, 4) is 0 Å². The van der Waals surface area contributed by atoms with E-state index in [4.69, 9.17) is 0 Å². The molecular weight excluding hydrogens is 266 g/mol. The molecule has 20 heavy (non-hydrogen) atoms. The summed E-state index contributed by atoms with van der Waals surface area (Å²) >= 11 is 0. The van der Waals surface area contributed by atoms with Crippen LogP contribution in [0.4, 0.5) is 0 Å². The van der Waals surface area contributed by atoms with Gasteiger partial charge in [-0.25, -0.2) is 0 Å². The van der Waals surface area contributed by atoms with E-state index in [1.807, 2.05) is 0 Å². The van der Waals surface area contributed by atoms with Crippen LogP contribution in [0.15, 0.2) is 18.2 Å². The summed E-state index contributed by atoms with van der Waals surface area (Å²) < 4.78 is 12.2. The first-order chi connectivity index (χ1) is 9.58. The standard InChI is InChI=1S/C17H29NOS/c1-5-7-8-11-20(19)13-17(18-6-2)16-10-9-14(3)15(4)12-16/h9-10,12,17-18H,5-8,11,13H2,1-4H3. The van der Waals surface area contributed by atoms with Crippen LogP contribution in [0.25, 0.3) is 0 Å². The predicted molar refractivity (Wildman–Crippen MR) is 89.7 cm³/mol. The lowest BCUT2D eigenvalue weighted by Crippen LogP contribution is -2.27. The van der Waals surface area contributed by atoms with Crippen molar-refractivity contribution in [1.82, 2.24) is 5.32 Å². The molecule has 0 saturated carbocycles. The van der Waals surface area contributed by atoms with E-state index in [1.165, 1.54) is 29.5 Å². The fourth-order valence-electron chi connectivity index (χ4n) is 2.28. The normalized spacial score (nSPS) is 14.2. The molecule has 2 atom stereocenters. The molecule has 0 spiro atoms. The molecule has 0 aromatic heterocycles. The van der Waals surface area contributed by atoms with Crippen LogP contribution < -0.4 is 5.32 Å². The largest absolute Gasteiger partial charge is 0.309 e. The van der Waals surface area contributed by atoms with Crippen LogP contribution >= 0.6 is 0 Å². The fourth-order valence-corrected chi connectivity index (χ4v) is 3.66. The van der Waals surface area contributed by atoms with Crippen LogP contribution in [0, 0.1) is 13.8 Å². The van der Waals surface area contributed by atoms with E-state index in [0.717, 1.165) is 24.5 Å². The van der Waals surface area contributed by atoms with Crippen LogP contribution in [0.1, 0.15) is 55.8 Å². The van der Waals surface area contributed by atoms with E-state index in [2.05, 4.69) is 51.2 Å². The summed E-state index contributed by atoms with van der Waals surface area (Å²) in [4.78, 5) is 0. The van der Waals surface area contributed by atoms with Crippen molar-refractivity contribution in [2.45, 2.75) is 53.0 Å². The second-order valence-corrected chi connectivity index (χ2v) is 7.09. The van der Waals surface area contributed by atoms with Crippen LogP contribution in [0.3, 0.4) is 0 Å². The highest BCUT2D eigenvalue weighted by atomic mass is 32.2. The Balaban J connectivity index is 2.67. The van der Waals surface area contributed by atoms with E-state index in [1.54, 1.807) is 0 Å². The average Bonchev–Trinajstić information content (AvgIpc) is 2.42. The summed E-state index contributed by atoms with van der Waals surface area (Å²) in [5, 5.41) is 3.47. The Labute approximate surface area is 126 Å². The smallest absolute Gasteiger partial charge is 0.0436 e. The summed E-state index contributed by atoms with van der Waals surface area (Å²) in [7, 11) is -0.728. The van der Waals surface area contributed by atoms with Crippen molar-refractivity contribution >= 4 is 10.8 Å². The molecule has 0 aliphatic carbocycles. The first-order valence-electron chi connectivity index (χ1n) is 7.74. The summed E-state index contributed by atoms with van der Waals surface area (Å²) in [5.74, 6) is 1.56. The molecule has 3 heteroatoms. The van der Waals surface area contributed by atoms with Gasteiger partial charge in [0.25, 0.3) is 0 Å². The number of aryl methyl sites for hydroxylation is 2. The number of hydrogen-bond donors (Lipinski definition) is 1. The van der Waals surface area contributed by atoms with Crippen LogP contribution in [0.5, 0.6) is 0 Å².